The Hall–Kier alpha value is -4.17. The maximum atomic E-state index is 14.2. The molecule has 1 heterocycles. The van der Waals surface area contributed by atoms with Crippen LogP contribution in [-0.4, -0.2) is 24.3 Å². The van der Waals surface area contributed by atoms with E-state index in [2.05, 4.69) is 10.6 Å². The van der Waals surface area contributed by atoms with Gasteiger partial charge in [0.2, 0.25) is 0 Å². The molecule has 1 aliphatic rings. The molecule has 9 heteroatoms. The summed E-state index contributed by atoms with van der Waals surface area (Å²) in [5.41, 5.74) is 0.826. The van der Waals surface area contributed by atoms with Crippen molar-refractivity contribution in [2.45, 2.75) is 6.92 Å². The van der Waals surface area contributed by atoms with E-state index >= 15 is 0 Å². The van der Waals surface area contributed by atoms with Gasteiger partial charge in [0.05, 0.1) is 12.3 Å². The second kappa shape index (κ2) is 9.76. The van der Waals surface area contributed by atoms with Crippen LogP contribution in [0.5, 0.6) is 5.75 Å². The van der Waals surface area contributed by atoms with Crippen LogP contribution in [0, 0.1) is 5.82 Å². The molecule has 0 radical (unpaired) electrons. The van der Waals surface area contributed by atoms with E-state index in [0.29, 0.717) is 34.2 Å². The number of amides is 3. The Labute approximate surface area is 199 Å². The summed E-state index contributed by atoms with van der Waals surface area (Å²) in [7, 11) is 0. The van der Waals surface area contributed by atoms with Gasteiger partial charge in [-0.1, -0.05) is 29.8 Å². The minimum absolute atomic E-state index is 0.198. The van der Waals surface area contributed by atoms with Crippen molar-refractivity contribution in [3.8, 4) is 5.75 Å². The topological polar surface area (TPSA) is 87.7 Å². The maximum absolute atomic E-state index is 14.2. The molecule has 0 saturated carbocycles. The van der Waals surface area contributed by atoms with Crippen molar-refractivity contribution >= 4 is 46.4 Å². The highest BCUT2D eigenvalue weighted by Crippen LogP contribution is 2.31. The third kappa shape index (κ3) is 4.62. The van der Waals surface area contributed by atoms with Crippen molar-refractivity contribution in [1.82, 2.24) is 0 Å². The normalized spacial score (nSPS) is 13.3. The Kier molecular flexibility index (Phi) is 6.60. The summed E-state index contributed by atoms with van der Waals surface area (Å²) in [6.07, 6.45) is 0. The summed E-state index contributed by atoms with van der Waals surface area (Å²) in [6, 6.07) is 18.6. The second-order valence-electron chi connectivity index (χ2n) is 7.20. The van der Waals surface area contributed by atoms with Gasteiger partial charge in [-0.3, -0.25) is 14.4 Å². The molecule has 3 amide bonds. The number of hydrogen-bond acceptors (Lipinski definition) is 5. The lowest BCUT2D eigenvalue weighted by Crippen LogP contribution is -2.33. The lowest BCUT2D eigenvalue weighted by molar-refractivity contribution is -0.120. The van der Waals surface area contributed by atoms with Gasteiger partial charge < -0.3 is 15.4 Å². The first-order valence-corrected chi connectivity index (χ1v) is 10.7. The van der Waals surface area contributed by atoms with E-state index in [1.807, 2.05) is 6.92 Å². The van der Waals surface area contributed by atoms with Gasteiger partial charge in [0, 0.05) is 16.9 Å². The first-order valence-electron chi connectivity index (χ1n) is 10.3. The highest BCUT2D eigenvalue weighted by atomic mass is 35.5. The smallest absolute Gasteiger partial charge is 0.283 e. The molecule has 0 aromatic heterocycles. The molecule has 0 aliphatic carbocycles. The number of carbonyl (C=O) groups is 3. The van der Waals surface area contributed by atoms with Crippen molar-refractivity contribution in [3.05, 3.63) is 94.9 Å². The molecule has 0 fully saturated rings. The highest BCUT2D eigenvalue weighted by Gasteiger charge is 2.40. The van der Waals surface area contributed by atoms with Gasteiger partial charge in [-0.15, -0.1) is 0 Å². The van der Waals surface area contributed by atoms with Crippen LogP contribution in [0.2, 0.25) is 0 Å². The Bertz CT molecular complexity index is 1310. The van der Waals surface area contributed by atoms with Crippen LogP contribution in [0.25, 0.3) is 0 Å². The van der Waals surface area contributed by atoms with Gasteiger partial charge in [0.1, 0.15) is 22.3 Å². The molecule has 0 unspecified atom stereocenters. The van der Waals surface area contributed by atoms with Gasteiger partial charge in [-0.2, -0.15) is 0 Å². The van der Waals surface area contributed by atoms with Gasteiger partial charge >= 0.3 is 0 Å². The Morgan fingerprint density at radius 2 is 1.71 bits per heavy atom. The molecule has 172 valence electrons. The zero-order chi connectivity index (χ0) is 24.2. The van der Waals surface area contributed by atoms with E-state index in [1.54, 1.807) is 42.5 Å². The minimum atomic E-state index is -0.844. The standard InChI is InChI=1S/C25H19ClFN3O4/c1-2-34-18-12-10-16(11-13-18)29-23(31)15-6-5-7-17(14-15)28-22-21(26)24(32)30(25(22)33)20-9-4-3-8-19(20)27/h3-14,28H,2H2,1H3,(H,29,31). The molecular formula is C25H19ClFN3O4. The van der Waals surface area contributed by atoms with Crippen molar-refractivity contribution < 1.29 is 23.5 Å². The van der Waals surface area contributed by atoms with Crippen LogP contribution < -0.4 is 20.3 Å². The van der Waals surface area contributed by atoms with Crippen LogP contribution in [0.1, 0.15) is 17.3 Å². The number of halogens is 2. The van der Waals surface area contributed by atoms with E-state index in [4.69, 9.17) is 16.3 Å². The van der Waals surface area contributed by atoms with Crippen LogP contribution in [0.4, 0.5) is 21.5 Å². The molecule has 34 heavy (non-hydrogen) atoms. The van der Waals surface area contributed by atoms with Crippen molar-refractivity contribution in [2.75, 3.05) is 22.1 Å². The predicted octanol–water partition coefficient (Wildman–Crippen LogP) is 4.91. The van der Waals surface area contributed by atoms with Gasteiger partial charge in [-0.25, -0.2) is 9.29 Å². The lowest BCUT2D eigenvalue weighted by atomic mass is 10.1. The Balaban J connectivity index is 1.51. The SMILES string of the molecule is CCOc1ccc(NC(=O)c2cccc(NC3=C(Cl)C(=O)N(c4ccccc4F)C3=O)c2)cc1. The molecule has 3 aromatic rings. The first-order chi connectivity index (χ1) is 16.4. The van der Waals surface area contributed by atoms with Crippen LogP contribution in [0.15, 0.2) is 83.5 Å². The molecule has 0 saturated heterocycles. The number of carbonyl (C=O) groups excluding carboxylic acids is 3. The molecule has 0 spiro atoms. The summed E-state index contributed by atoms with van der Waals surface area (Å²) in [5, 5.41) is 5.19. The van der Waals surface area contributed by atoms with E-state index in [0.717, 1.165) is 6.07 Å². The number of para-hydroxylation sites is 1. The summed E-state index contributed by atoms with van der Waals surface area (Å²) >= 11 is 6.11. The third-order valence-electron chi connectivity index (χ3n) is 4.94. The quantitative estimate of drug-likeness (QED) is 0.470. The molecule has 7 nitrogen and oxygen atoms in total. The summed E-state index contributed by atoms with van der Waals surface area (Å²) < 4.78 is 19.6. The van der Waals surface area contributed by atoms with Crippen molar-refractivity contribution in [2.24, 2.45) is 0 Å². The van der Waals surface area contributed by atoms with Crippen LogP contribution in [0.3, 0.4) is 0 Å². The largest absolute Gasteiger partial charge is 0.494 e. The summed E-state index contributed by atoms with van der Waals surface area (Å²) in [4.78, 5) is 38.8. The molecule has 4 rings (SSSR count). The number of ether oxygens (including phenoxy) is 1. The Morgan fingerprint density at radius 3 is 2.41 bits per heavy atom. The Morgan fingerprint density at radius 1 is 0.971 bits per heavy atom. The molecule has 1 aliphatic heterocycles. The first kappa shape index (κ1) is 23.0. The van der Waals surface area contributed by atoms with E-state index in [-0.39, 0.29) is 22.3 Å². The van der Waals surface area contributed by atoms with E-state index in [9.17, 15) is 18.8 Å². The molecule has 0 atom stereocenters. The van der Waals surface area contributed by atoms with E-state index < -0.39 is 17.6 Å². The van der Waals surface area contributed by atoms with Crippen LogP contribution >= 0.6 is 11.6 Å². The molecular weight excluding hydrogens is 461 g/mol. The number of nitrogens with one attached hydrogen (secondary N) is 2. The molecule has 3 aromatic carbocycles. The zero-order valence-electron chi connectivity index (χ0n) is 18.0. The summed E-state index contributed by atoms with van der Waals surface area (Å²) in [5.74, 6) is -2.07. The van der Waals surface area contributed by atoms with Crippen molar-refractivity contribution in [1.29, 1.82) is 0 Å². The predicted molar refractivity (Wildman–Crippen MR) is 127 cm³/mol. The third-order valence-corrected chi connectivity index (χ3v) is 5.29. The van der Waals surface area contributed by atoms with Crippen LogP contribution in [-0.2, 0) is 9.59 Å². The fourth-order valence-electron chi connectivity index (χ4n) is 3.35. The molecule has 2 N–H and O–H groups in total. The number of hydrogen-bond donors (Lipinski definition) is 2. The maximum Gasteiger partial charge on any atom is 0.283 e. The lowest BCUT2D eigenvalue weighted by Gasteiger charge is -2.15. The minimum Gasteiger partial charge on any atom is -0.494 e. The highest BCUT2D eigenvalue weighted by molar-refractivity contribution is 6.53. The van der Waals surface area contributed by atoms with Crippen molar-refractivity contribution in [3.63, 3.8) is 0 Å². The number of imide groups is 1. The summed E-state index contributed by atoms with van der Waals surface area (Å²) in [6.45, 7) is 2.42. The monoisotopic (exact) mass is 479 g/mol. The van der Waals surface area contributed by atoms with Gasteiger partial charge in [-0.05, 0) is 61.5 Å². The zero-order valence-corrected chi connectivity index (χ0v) is 18.7. The van der Waals surface area contributed by atoms with Gasteiger partial charge in [0.25, 0.3) is 17.7 Å². The number of benzene rings is 3. The number of nitrogens with zero attached hydrogens (tertiary/aromatic N) is 1. The van der Waals surface area contributed by atoms with Gasteiger partial charge in [0.15, 0.2) is 0 Å². The number of anilines is 3. The van der Waals surface area contributed by atoms with E-state index in [1.165, 1.54) is 24.3 Å². The second-order valence-corrected chi connectivity index (χ2v) is 7.58. The average Bonchev–Trinajstić information content (AvgIpc) is 3.04. The fraction of sp³-hybridized carbons (Fsp3) is 0.0800. The average molecular weight is 480 g/mol. The fourth-order valence-corrected chi connectivity index (χ4v) is 3.56. The molecule has 0 bridgehead atoms. The number of rotatable bonds is 7.